The molecule has 29 heavy (non-hydrogen) atoms. The van der Waals surface area contributed by atoms with Crippen LogP contribution in [0.3, 0.4) is 0 Å². The van der Waals surface area contributed by atoms with Crippen molar-refractivity contribution < 1.29 is 9.53 Å². The van der Waals surface area contributed by atoms with Crippen molar-refractivity contribution in [2.45, 2.75) is 141 Å². The highest BCUT2D eigenvalue weighted by molar-refractivity contribution is 5.75. The summed E-state index contributed by atoms with van der Waals surface area (Å²) >= 11 is 0. The van der Waals surface area contributed by atoms with E-state index < -0.39 is 6.04 Å². The van der Waals surface area contributed by atoms with Crippen LogP contribution in [-0.4, -0.2) is 25.2 Å². The maximum Gasteiger partial charge on any atom is 0.322 e. The minimum Gasteiger partial charge on any atom is -0.465 e. The minimum absolute atomic E-state index is 0.251. The molecule has 0 aromatic carbocycles. The number of nitrogens with two attached hydrogens (primary N) is 2. The summed E-state index contributed by atoms with van der Waals surface area (Å²) in [4.78, 5) is 11.7. The number of ether oxygens (including phenoxy) is 1. The fourth-order valence-corrected chi connectivity index (χ4v) is 3.73. The van der Waals surface area contributed by atoms with E-state index in [1.54, 1.807) is 0 Å². The normalized spacial score (nSPS) is 12.2. The zero-order valence-corrected chi connectivity index (χ0v) is 19.6. The average molecular weight is 413 g/mol. The van der Waals surface area contributed by atoms with Gasteiger partial charge in [0.1, 0.15) is 6.04 Å². The lowest BCUT2D eigenvalue weighted by molar-refractivity contribution is -0.145. The van der Waals surface area contributed by atoms with Crippen molar-refractivity contribution in [1.82, 2.24) is 0 Å². The first-order valence-corrected chi connectivity index (χ1v) is 12.8. The zero-order valence-electron chi connectivity index (χ0n) is 19.6. The monoisotopic (exact) mass is 412 g/mol. The minimum atomic E-state index is -0.479. The van der Waals surface area contributed by atoms with Gasteiger partial charge in [-0.15, -0.1) is 0 Å². The molecule has 0 radical (unpaired) electrons. The Bertz CT molecular complexity index is 337. The number of hydrogen-bond acceptors (Lipinski definition) is 4. The Morgan fingerprint density at radius 2 is 1.07 bits per heavy atom. The van der Waals surface area contributed by atoms with Crippen LogP contribution in [0.1, 0.15) is 135 Å². The number of carbonyl (C=O) groups excluding carboxylic acids is 1. The fourth-order valence-electron chi connectivity index (χ4n) is 3.73. The standard InChI is InChI=1S/C25H52N2O2/c1-2-3-4-5-6-7-8-9-10-11-12-13-14-15-16-17-20-23-29-25(28)24(27)21-18-19-22-26/h24H,2-23,26-27H2,1H3/t24-/m0/s1. The molecule has 0 amide bonds. The lowest BCUT2D eigenvalue weighted by Gasteiger charge is -2.11. The Kier molecular flexibility index (Phi) is 23.2. The third-order valence-electron chi connectivity index (χ3n) is 5.76. The summed E-state index contributed by atoms with van der Waals surface area (Å²) in [6.07, 6.45) is 25.5. The van der Waals surface area contributed by atoms with E-state index in [1.165, 1.54) is 96.3 Å². The van der Waals surface area contributed by atoms with E-state index in [4.69, 9.17) is 16.2 Å². The van der Waals surface area contributed by atoms with Gasteiger partial charge in [-0.05, 0) is 25.8 Å². The van der Waals surface area contributed by atoms with E-state index in [2.05, 4.69) is 6.92 Å². The summed E-state index contributed by atoms with van der Waals surface area (Å²) in [5, 5.41) is 0. The molecule has 0 fully saturated rings. The fraction of sp³-hybridized carbons (Fsp3) is 0.960. The lowest BCUT2D eigenvalue weighted by Crippen LogP contribution is -2.32. The van der Waals surface area contributed by atoms with Gasteiger partial charge in [0, 0.05) is 0 Å². The van der Waals surface area contributed by atoms with E-state index >= 15 is 0 Å². The Morgan fingerprint density at radius 3 is 1.48 bits per heavy atom. The molecule has 0 aliphatic rings. The second-order valence-corrected chi connectivity index (χ2v) is 8.72. The number of esters is 1. The van der Waals surface area contributed by atoms with E-state index in [0.29, 0.717) is 19.6 Å². The van der Waals surface area contributed by atoms with Crippen molar-refractivity contribution in [3.05, 3.63) is 0 Å². The summed E-state index contributed by atoms with van der Waals surface area (Å²) in [5.41, 5.74) is 11.3. The van der Waals surface area contributed by atoms with E-state index in [9.17, 15) is 4.79 Å². The maximum absolute atomic E-state index is 11.7. The van der Waals surface area contributed by atoms with Gasteiger partial charge in [-0.1, -0.05) is 116 Å². The summed E-state index contributed by atoms with van der Waals surface area (Å²) < 4.78 is 5.26. The number of rotatable bonds is 23. The summed E-state index contributed by atoms with van der Waals surface area (Å²) in [6.45, 7) is 3.45. The molecular formula is C25H52N2O2. The molecule has 0 heterocycles. The van der Waals surface area contributed by atoms with Crippen LogP contribution in [0.5, 0.6) is 0 Å². The molecule has 0 aromatic rings. The van der Waals surface area contributed by atoms with E-state index in [-0.39, 0.29) is 5.97 Å². The second-order valence-electron chi connectivity index (χ2n) is 8.72. The molecule has 0 spiro atoms. The van der Waals surface area contributed by atoms with Gasteiger partial charge >= 0.3 is 5.97 Å². The van der Waals surface area contributed by atoms with Crippen LogP contribution >= 0.6 is 0 Å². The highest BCUT2D eigenvalue weighted by Gasteiger charge is 2.13. The van der Waals surface area contributed by atoms with E-state index in [1.807, 2.05) is 0 Å². The quantitative estimate of drug-likeness (QED) is 0.146. The van der Waals surface area contributed by atoms with Gasteiger partial charge in [0.2, 0.25) is 0 Å². The van der Waals surface area contributed by atoms with Crippen molar-refractivity contribution in [1.29, 1.82) is 0 Å². The van der Waals surface area contributed by atoms with Crippen LogP contribution in [-0.2, 0) is 9.53 Å². The van der Waals surface area contributed by atoms with Crippen LogP contribution in [0.15, 0.2) is 0 Å². The number of unbranched alkanes of at least 4 members (excludes halogenated alkanes) is 17. The molecule has 4 nitrogen and oxygen atoms in total. The van der Waals surface area contributed by atoms with Gasteiger partial charge in [-0.2, -0.15) is 0 Å². The van der Waals surface area contributed by atoms with Crippen LogP contribution < -0.4 is 11.5 Å². The summed E-state index contributed by atoms with van der Waals surface area (Å²) in [7, 11) is 0. The predicted octanol–water partition coefficient (Wildman–Crippen LogP) is 6.64. The first kappa shape index (κ1) is 28.4. The van der Waals surface area contributed by atoms with Crippen LogP contribution in [0, 0.1) is 0 Å². The van der Waals surface area contributed by atoms with Gasteiger partial charge in [-0.25, -0.2) is 0 Å². The van der Waals surface area contributed by atoms with Gasteiger partial charge in [0.25, 0.3) is 0 Å². The lowest BCUT2D eigenvalue weighted by atomic mass is 10.0. The molecule has 174 valence electrons. The molecule has 0 aromatic heterocycles. The van der Waals surface area contributed by atoms with Crippen molar-refractivity contribution in [2.75, 3.05) is 13.2 Å². The Morgan fingerprint density at radius 1 is 0.655 bits per heavy atom. The maximum atomic E-state index is 11.7. The van der Waals surface area contributed by atoms with Crippen LogP contribution in [0.4, 0.5) is 0 Å². The van der Waals surface area contributed by atoms with Crippen molar-refractivity contribution in [2.24, 2.45) is 11.5 Å². The molecule has 0 saturated heterocycles. The highest BCUT2D eigenvalue weighted by atomic mass is 16.5. The summed E-state index contributed by atoms with van der Waals surface area (Å²) in [6, 6.07) is -0.479. The van der Waals surface area contributed by atoms with Crippen molar-refractivity contribution in [3.8, 4) is 0 Å². The van der Waals surface area contributed by atoms with Gasteiger partial charge in [0.15, 0.2) is 0 Å². The zero-order chi connectivity index (χ0) is 21.4. The van der Waals surface area contributed by atoms with Gasteiger partial charge < -0.3 is 16.2 Å². The highest BCUT2D eigenvalue weighted by Crippen LogP contribution is 2.14. The smallest absolute Gasteiger partial charge is 0.322 e. The third-order valence-corrected chi connectivity index (χ3v) is 5.76. The Hall–Kier alpha value is -0.610. The molecule has 4 heteroatoms. The second kappa shape index (κ2) is 23.7. The summed E-state index contributed by atoms with van der Waals surface area (Å²) in [5.74, 6) is -0.251. The first-order chi connectivity index (χ1) is 14.2. The molecule has 1 atom stereocenters. The molecule has 0 unspecified atom stereocenters. The molecule has 0 aliphatic heterocycles. The SMILES string of the molecule is CCCCCCCCCCCCCCCCCCCOC(=O)[C@@H](N)CCCCN. The molecule has 4 N–H and O–H groups in total. The third kappa shape index (κ3) is 21.9. The molecule has 0 saturated carbocycles. The van der Waals surface area contributed by atoms with Gasteiger partial charge in [-0.3, -0.25) is 4.79 Å². The van der Waals surface area contributed by atoms with Crippen molar-refractivity contribution >= 4 is 5.97 Å². The molecule has 0 aliphatic carbocycles. The Balaban J connectivity index is 3.17. The van der Waals surface area contributed by atoms with E-state index in [0.717, 1.165) is 25.7 Å². The van der Waals surface area contributed by atoms with Crippen LogP contribution in [0.2, 0.25) is 0 Å². The van der Waals surface area contributed by atoms with Gasteiger partial charge in [0.05, 0.1) is 6.61 Å². The molecule has 0 rings (SSSR count). The molecule has 0 bridgehead atoms. The van der Waals surface area contributed by atoms with Crippen molar-refractivity contribution in [3.63, 3.8) is 0 Å². The first-order valence-electron chi connectivity index (χ1n) is 12.8. The predicted molar refractivity (Wildman–Crippen MR) is 126 cm³/mol. The number of carbonyl (C=O) groups is 1. The topological polar surface area (TPSA) is 78.3 Å². The van der Waals surface area contributed by atoms with Crippen LogP contribution in [0.25, 0.3) is 0 Å². The molecular weight excluding hydrogens is 360 g/mol. The average Bonchev–Trinajstić information content (AvgIpc) is 2.72. The Labute approximate surface area is 181 Å². The largest absolute Gasteiger partial charge is 0.465 e. The number of hydrogen-bond donors (Lipinski definition) is 2.